The fourth-order valence-electron chi connectivity index (χ4n) is 2.19. The third-order valence-electron chi connectivity index (χ3n) is 4.26. The van der Waals surface area contributed by atoms with Gasteiger partial charge >= 0.3 is 5.97 Å². The Morgan fingerprint density at radius 2 is 2.18 bits per heavy atom. The van der Waals surface area contributed by atoms with Crippen LogP contribution in [0.2, 0.25) is 0 Å². The maximum atomic E-state index is 11.7. The molecule has 1 aliphatic rings. The summed E-state index contributed by atoms with van der Waals surface area (Å²) in [5, 5.41) is 9.49. The van der Waals surface area contributed by atoms with E-state index in [1.54, 1.807) is 13.2 Å². The zero-order valence-corrected chi connectivity index (χ0v) is 14.2. The molecule has 0 spiro atoms. The van der Waals surface area contributed by atoms with Crippen LogP contribution in [-0.2, 0) is 14.3 Å². The van der Waals surface area contributed by atoms with Crippen molar-refractivity contribution in [3.8, 4) is 0 Å². The van der Waals surface area contributed by atoms with E-state index in [0.29, 0.717) is 0 Å². The molecule has 1 aliphatic heterocycles. The molecule has 0 aromatic rings. The van der Waals surface area contributed by atoms with E-state index in [2.05, 4.69) is 6.08 Å². The molecule has 1 rings (SSSR count). The number of allylic oxidation sites excluding steroid dienone is 1. The Balaban J connectivity index is 2.63. The molecule has 4 unspecified atom stereocenters. The van der Waals surface area contributed by atoms with Gasteiger partial charge in [-0.05, 0) is 51.2 Å². The first-order valence-corrected chi connectivity index (χ1v) is 7.76. The minimum atomic E-state index is -0.710. The second-order valence-corrected chi connectivity index (χ2v) is 6.25. The van der Waals surface area contributed by atoms with Crippen LogP contribution in [0.4, 0.5) is 0 Å². The van der Waals surface area contributed by atoms with Gasteiger partial charge in [-0.1, -0.05) is 25.2 Å². The van der Waals surface area contributed by atoms with E-state index < -0.39 is 5.41 Å². The number of ether oxygens (including phenoxy) is 2. The van der Waals surface area contributed by atoms with E-state index in [1.807, 2.05) is 39.8 Å². The highest BCUT2D eigenvalue weighted by Gasteiger charge is 2.33. The van der Waals surface area contributed by atoms with Gasteiger partial charge in [0, 0.05) is 7.11 Å². The summed E-state index contributed by atoms with van der Waals surface area (Å²) in [6.07, 6.45) is 10.4. The average Bonchev–Trinajstić information content (AvgIpc) is 2.79. The van der Waals surface area contributed by atoms with Gasteiger partial charge < -0.3 is 14.6 Å². The molecule has 0 bridgehead atoms. The van der Waals surface area contributed by atoms with Crippen molar-refractivity contribution in [1.82, 2.24) is 0 Å². The number of cyclic esters (lactones) is 1. The monoisotopic (exact) mass is 308 g/mol. The van der Waals surface area contributed by atoms with Crippen molar-refractivity contribution >= 4 is 5.97 Å². The van der Waals surface area contributed by atoms with Crippen LogP contribution in [0.5, 0.6) is 0 Å². The van der Waals surface area contributed by atoms with Gasteiger partial charge in [0.05, 0.1) is 18.5 Å². The molecule has 1 heterocycles. The molecule has 22 heavy (non-hydrogen) atoms. The van der Waals surface area contributed by atoms with E-state index in [9.17, 15) is 9.90 Å². The van der Waals surface area contributed by atoms with Gasteiger partial charge in [0.2, 0.25) is 0 Å². The summed E-state index contributed by atoms with van der Waals surface area (Å²) in [7, 11) is 1.65. The first kappa shape index (κ1) is 18.7. The Hall–Kier alpha value is -1.39. The van der Waals surface area contributed by atoms with Crippen LogP contribution in [0.3, 0.4) is 0 Å². The van der Waals surface area contributed by atoms with Crippen molar-refractivity contribution in [2.24, 2.45) is 11.3 Å². The molecular weight excluding hydrogens is 280 g/mol. The van der Waals surface area contributed by atoms with Crippen molar-refractivity contribution in [2.45, 2.75) is 52.7 Å². The van der Waals surface area contributed by atoms with Crippen LogP contribution < -0.4 is 0 Å². The van der Waals surface area contributed by atoms with Crippen LogP contribution in [-0.4, -0.2) is 30.4 Å². The van der Waals surface area contributed by atoms with Gasteiger partial charge in [-0.3, -0.25) is 4.79 Å². The van der Waals surface area contributed by atoms with E-state index in [-0.39, 0.29) is 24.1 Å². The summed E-state index contributed by atoms with van der Waals surface area (Å²) in [5.41, 5.74) is 0.383. The van der Waals surface area contributed by atoms with E-state index >= 15 is 0 Å². The Labute approximate surface area is 133 Å². The number of hydrogen-bond donors (Lipinski definition) is 1. The second-order valence-electron chi connectivity index (χ2n) is 6.25. The van der Waals surface area contributed by atoms with E-state index in [0.717, 1.165) is 18.4 Å². The number of rotatable bonds is 8. The summed E-state index contributed by atoms with van der Waals surface area (Å²) < 4.78 is 10.3. The minimum Gasteiger partial charge on any atom is -0.434 e. The summed E-state index contributed by atoms with van der Waals surface area (Å²) in [6.45, 7) is 7.68. The topological polar surface area (TPSA) is 55.8 Å². The maximum absolute atomic E-state index is 11.7. The molecule has 0 aromatic heterocycles. The lowest BCUT2D eigenvalue weighted by atomic mass is 9.90. The number of aliphatic hydroxyl groups excluding tert-OH is 1. The molecule has 0 aromatic carbocycles. The minimum absolute atomic E-state index is 0.166. The largest absolute Gasteiger partial charge is 0.434 e. The lowest BCUT2D eigenvalue weighted by Crippen LogP contribution is -2.20. The summed E-state index contributed by atoms with van der Waals surface area (Å²) in [6, 6.07) is 0. The molecule has 4 atom stereocenters. The Bertz CT molecular complexity index is 462. The molecule has 4 heteroatoms. The van der Waals surface area contributed by atoms with Crippen LogP contribution in [0.15, 0.2) is 36.1 Å². The summed E-state index contributed by atoms with van der Waals surface area (Å²) in [5.74, 6) is 0.00360. The van der Waals surface area contributed by atoms with Crippen LogP contribution >= 0.6 is 0 Å². The number of esters is 1. The number of hydrogen-bond acceptors (Lipinski definition) is 4. The third-order valence-corrected chi connectivity index (χ3v) is 4.26. The summed E-state index contributed by atoms with van der Waals surface area (Å²) in [4.78, 5) is 11.7. The molecule has 124 valence electrons. The van der Waals surface area contributed by atoms with Gasteiger partial charge in [0.1, 0.15) is 5.41 Å². The fourth-order valence-corrected chi connectivity index (χ4v) is 2.19. The lowest BCUT2D eigenvalue weighted by Gasteiger charge is -2.17. The van der Waals surface area contributed by atoms with Crippen LogP contribution in [0.1, 0.15) is 40.5 Å². The highest BCUT2D eigenvalue weighted by Crippen LogP contribution is 2.28. The Morgan fingerprint density at radius 1 is 1.50 bits per heavy atom. The summed E-state index contributed by atoms with van der Waals surface area (Å²) >= 11 is 0. The first-order valence-electron chi connectivity index (χ1n) is 7.76. The highest BCUT2D eigenvalue weighted by atomic mass is 16.5. The number of methoxy groups -OCH3 is 1. The van der Waals surface area contributed by atoms with Crippen molar-refractivity contribution in [3.05, 3.63) is 36.1 Å². The molecule has 4 nitrogen and oxygen atoms in total. The lowest BCUT2D eigenvalue weighted by molar-refractivity contribution is -0.141. The quantitative estimate of drug-likeness (QED) is 0.552. The second kappa shape index (κ2) is 8.30. The normalized spacial score (nSPS) is 26.3. The van der Waals surface area contributed by atoms with Gasteiger partial charge in [-0.25, -0.2) is 0 Å². The van der Waals surface area contributed by atoms with Crippen LogP contribution in [0, 0.1) is 11.3 Å². The Kier molecular flexibility index (Phi) is 7.04. The smallest absolute Gasteiger partial charge is 0.324 e. The van der Waals surface area contributed by atoms with Crippen molar-refractivity contribution in [2.75, 3.05) is 7.11 Å². The number of carbonyl (C=O) groups excluding carboxylic acids is 1. The van der Waals surface area contributed by atoms with Gasteiger partial charge in [-0.2, -0.15) is 0 Å². The highest BCUT2D eigenvalue weighted by molar-refractivity contribution is 5.83. The number of aliphatic hydroxyl groups is 1. The van der Waals surface area contributed by atoms with Crippen molar-refractivity contribution < 1.29 is 19.4 Å². The SMILES string of the molecule is COC(/C=C/C1(C)C=COC1=O)/C(C)=C/CCC(C)C(C)O. The predicted octanol–water partition coefficient (Wildman–Crippen LogP) is 3.38. The fraction of sp³-hybridized carbons (Fsp3) is 0.611. The molecule has 0 fully saturated rings. The maximum Gasteiger partial charge on any atom is 0.324 e. The van der Waals surface area contributed by atoms with Gasteiger partial charge in [0.15, 0.2) is 0 Å². The molecule has 1 N–H and O–H groups in total. The van der Waals surface area contributed by atoms with E-state index in [1.165, 1.54) is 6.26 Å². The van der Waals surface area contributed by atoms with Crippen molar-refractivity contribution in [1.29, 1.82) is 0 Å². The predicted molar refractivity (Wildman–Crippen MR) is 87.1 cm³/mol. The Morgan fingerprint density at radius 3 is 2.68 bits per heavy atom. The van der Waals surface area contributed by atoms with Gasteiger partial charge in [-0.15, -0.1) is 0 Å². The molecule has 0 saturated heterocycles. The van der Waals surface area contributed by atoms with Crippen molar-refractivity contribution in [3.63, 3.8) is 0 Å². The number of carbonyl (C=O) groups is 1. The molecular formula is C18H28O4. The first-order chi connectivity index (χ1) is 10.3. The zero-order valence-electron chi connectivity index (χ0n) is 14.2. The van der Waals surface area contributed by atoms with Gasteiger partial charge in [0.25, 0.3) is 0 Å². The average molecular weight is 308 g/mol. The zero-order chi connectivity index (χ0) is 16.8. The third kappa shape index (κ3) is 5.11. The molecule has 0 radical (unpaired) electrons. The molecule has 0 saturated carbocycles. The molecule has 0 aliphatic carbocycles. The molecule has 0 amide bonds. The van der Waals surface area contributed by atoms with E-state index in [4.69, 9.17) is 9.47 Å². The standard InChI is InChI=1S/C18H28O4/c1-13(15(3)19)7-6-8-14(2)16(21-5)9-10-18(4)11-12-22-17(18)20/h8-13,15-16,19H,6-7H2,1-5H3/b10-9+,14-8+. The van der Waals surface area contributed by atoms with Crippen LogP contribution in [0.25, 0.3) is 0 Å².